The Kier molecular flexibility index (Phi) is 5.08. The minimum Gasteiger partial charge on any atom is -0.342 e. The SMILES string of the molecule is O=C(CSc1ncnc2c1cnn2-c1cccc(Cl)c1)N1CCCCC1. The van der Waals surface area contributed by atoms with Crippen LogP contribution in [0.3, 0.4) is 0 Å². The van der Waals surface area contributed by atoms with Crippen LogP contribution in [0.25, 0.3) is 16.7 Å². The van der Waals surface area contributed by atoms with Gasteiger partial charge in [0, 0.05) is 18.1 Å². The average Bonchev–Trinajstić information content (AvgIpc) is 3.11. The number of nitrogens with zero attached hydrogens (tertiary/aromatic N) is 5. The van der Waals surface area contributed by atoms with Crippen molar-refractivity contribution in [1.82, 2.24) is 24.6 Å². The van der Waals surface area contributed by atoms with Crippen molar-refractivity contribution in [3.8, 4) is 5.69 Å². The normalized spacial score (nSPS) is 14.7. The van der Waals surface area contributed by atoms with Crippen molar-refractivity contribution in [2.24, 2.45) is 0 Å². The maximum Gasteiger partial charge on any atom is 0.232 e. The second-order valence-corrected chi connectivity index (χ2v) is 7.58. The minimum atomic E-state index is 0.170. The Labute approximate surface area is 160 Å². The lowest BCUT2D eigenvalue weighted by atomic mass is 10.1. The topological polar surface area (TPSA) is 63.9 Å². The smallest absolute Gasteiger partial charge is 0.232 e. The lowest BCUT2D eigenvalue weighted by Gasteiger charge is -2.26. The number of fused-ring (bicyclic) bond motifs is 1. The second kappa shape index (κ2) is 7.63. The third kappa shape index (κ3) is 3.54. The van der Waals surface area contributed by atoms with E-state index >= 15 is 0 Å². The van der Waals surface area contributed by atoms with Crippen LogP contribution in [0.5, 0.6) is 0 Å². The number of aromatic nitrogens is 4. The highest BCUT2D eigenvalue weighted by molar-refractivity contribution is 8.00. The highest BCUT2D eigenvalue weighted by Crippen LogP contribution is 2.27. The van der Waals surface area contributed by atoms with Gasteiger partial charge in [-0.1, -0.05) is 29.4 Å². The number of carbonyl (C=O) groups is 1. The van der Waals surface area contributed by atoms with Crippen molar-refractivity contribution in [3.05, 3.63) is 41.8 Å². The maximum atomic E-state index is 12.4. The number of thioether (sulfide) groups is 1. The zero-order valence-electron chi connectivity index (χ0n) is 14.1. The zero-order valence-corrected chi connectivity index (χ0v) is 15.7. The molecule has 1 aliphatic heterocycles. The van der Waals surface area contributed by atoms with E-state index in [0.29, 0.717) is 16.4 Å². The van der Waals surface area contributed by atoms with E-state index in [1.54, 1.807) is 10.9 Å². The first-order chi connectivity index (χ1) is 12.7. The Morgan fingerprint density at radius 2 is 2.04 bits per heavy atom. The number of halogens is 1. The van der Waals surface area contributed by atoms with Crippen molar-refractivity contribution in [2.75, 3.05) is 18.8 Å². The van der Waals surface area contributed by atoms with Crippen molar-refractivity contribution in [1.29, 1.82) is 0 Å². The molecule has 1 aromatic carbocycles. The predicted octanol–water partition coefficient (Wildman–Crippen LogP) is 3.57. The number of hydrogen-bond donors (Lipinski definition) is 0. The molecule has 0 aliphatic carbocycles. The number of piperidine rings is 1. The molecule has 3 heterocycles. The second-order valence-electron chi connectivity index (χ2n) is 6.18. The fourth-order valence-corrected chi connectivity index (χ4v) is 4.15. The molecule has 4 rings (SSSR count). The molecule has 0 N–H and O–H groups in total. The van der Waals surface area contributed by atoms with Crippen LogP contribution in [-0.4, -0.2) is 49.4 Å². The van der Waals surface area contributed by atoms with Gasteiger partial charge in [-0.25, -0.2) is 14.6 Å². The summed E-state index contributed by atoms with van der Waals surface area (Å²) in [6.07, 6.45) is 6.66. The first-order valence-electron chi connectivity index (χ1n) is 8.57. The molecule has 8 heteroatoms. The number of likely N-dealkylation sites (tertiary alicyclic amines) is 1. The predicted molar refractivity (Wildman–Crippen MR) is 103 cm³/mol. The van der Waals surface area contributed by atoms with Gasteiger partial charge < -0.3 is 4.90 Å². The van der Waals surface area contributed by atoms with Crippen molar-refractivity contribution in [2.45, 2.75) is 24.3 Å². The summed E-state index contributed by atoms with van der Waals surface area (Å²) in [5.41, 5.74) is 1.54. The van der Waals surface area contributed by atoms with E-state index in [0.717, 1.165) is 42.0 Å². The van der Waals surface area contributed by atoms with Gasteiger partial charge in [-0.05, 0) is 37.5 Å². The van der Waals surface area contributed by atoms with E-state index in [4.69, 9.17) is 11.6 Å². The summed E-state index contributed by atoms with van der Waals surface area (Å²) in [6, 6.07) is 7.45. The molecule has 1 fully saturated rings. The van der Waals surface area contributed by atoms with E-state index in [1.165, 1.54) is 24.5 Å². The van der Waals surface area contributed by atoms with Crippen LogP contribution in [0, 0.1) is 0 Å². The molecule has 0 radical (unpaired) electrons. The monoisotopic (exact) mass is 387 g/mol. The first-order valence-corrected chi connectivity index (χ1v) is 9.94. The molecule has 6 nitrogen and oxygen atoms in total. The van der Waals surface area contributed by atoms with E-state index < -0.39 is 0 Å². The Bertz CT molecular complexity index is 938. The van der Waals surface area contributed by atoms with Gasteiger partial charge in [0.05, 0.1) is 23.0 Å². The lowest BCUT2D eigenvalue weighted by Crippen LogP contribution is -2.36. The molecule has 0 unspecified atom stereocenters. The third-order valence-corrected chi connectivity index (χ3v) is 5.65. The lowest BCUT2D eigenvalue weighted by molar-refractivity contribution is -0.129. The quantitative estimate of drug-likeness (QED) is 0.505. The summed E-state index contributed by atoms with van der Waals surface area (Å²) >= 11 is 7.52. The highest BCUT2D eigenvalue weighted by Gasteiger charge is 2.18. The summed E-state index contributed by atoms with van der Waals surface area (Å²) < 4.78 is 1.74. The first kappa shape index (κ1) is 17.3. The van der Waals surface area contributed by atoms with Gasteiger partial charge in [-0.3, -0.25) is 4.79 Å². The molecule has 3 aromatic rings. The van der Waals surface area contributed by atoms with E-state index in [9.17, 15) is 4.79 Å². The van der Waals surface area contributed by atoms with Gasteiger partial charge in [0.25, 0.3) is 0 Å². The molecule has 1 amide bonds. The van der Waals surface area contributed by atoms with Crippen LogP contribution in [0.2, 0.25) is 5.02 Å². The standard InChI is InChI=1S/C18H18ClN5OS/c19-13-5-4-6-14(9-13)24-17-15(10-22-24)18(21-12-20-17)26-11-16(25)23-7-2-1-3-8-23/h4-6,9-10,12H,1-3,7-8,11H2. The Hall–Kier alpha value is -2.12. The number of rotatable bonds is 4. The van der Waals surface area contributed by atoms with E-state index in [1.807, 2.05) is 29.2 Å². The van der Waals surface area contributed by atoms with E-state index in [2.05, 4.69) is 15.1 Å². The summed E-state index contributed by atoms with van der Waals surface area (Å²) in [6.45, 7) is 1.73. The van der Waals surface area contributed by atoms with Crippen molar-refractivity contribution >= 4 is 40.3 Å². The molecule has 0 saturated carbocycles. The van der Waals surface area contributed by atoms with Gasteiger partial charge >= 0.3 is 0 Å². The fourth-order valence-electron chi connectivity index (χ4n) is 3.10. The number of benzene rings is 1. The Morgan fingerprint density at radius 3 is 2.85 bits per heavy atom. The Balaban J connectivity index is 1.56. The van der Waals surface area contributed by atoms with Gasteiger partial charge in [0.2, 0.25) is 5.91 Å². The minimum absolute atomic E-state index is 0.170. The molecule has 134 valence electrons. The molecule has 0 bridgehead atoms. The van der Waals surface area contributed by atoms with Crippen LogP contribution in [0.15, 0.2) is 41.8 Å². The fraction of sp³-hybridized carbons (Fsp3) is 0.333. The van der Waals surface area contributed by atoms with E-state index in [-0.39, 0.29) is 5.91 Å². The molecule has 1 aliphatic rings. The van der Waals surface area contributed by atoms with Crippen LogP contribution in [0.1, 0.15) is 19.3 Å². The number of amides is 1. The molecular weight excluding hydrogens is 370 g/mol. The summed E-state index contributed by atoms with van der Waals surface area (Å²) in [5.74, 6) is 0.553. The molecule has 0 atom stereocenters. The largest absolute Gasteiger partial charge is 0.342 e. The van der Waals surface area contributed by atoms with Gasteiger partial charge in [-0.15, -0.1) is 0 Å². The van der Waals surface area contributed by atoms with Gasteiger partial charge in [-0.2, -0.15) is 5.10 Å². The molecule has 26 heavy (non-hydrogen) atoms. The summed E-state index contributed by atoms with van der Waals surface area (Å²) in [4.78, 5) is 23.1. The summed E-state index contributed by atoms with van der Waals surface area (Å²) in [7, 11) is 0. The molecular formula is C18H18ClN5OS. The third-order valence-electron chi connectivity index (χ3n) is 4.42. The van der Waals surface area contributed by atoms with Crippen molar-refractivity contribution < 1.29 is 4.79 Å². The zero-order chi connectivity index (χ0) is 17.9. The average molecular weight is 388 g/mol. The van der Waals surface area contributed by atoms with Crippen LogP contribution >= 0.6 is 23.4 Å². The van der Waals surface area contributed by atoms with Gasteiger partial charge in [0.15, 0.2) is 5.65 Å². The van der Waals surface area contributed by atoms with Crippen molar-refractivity contribution in [3.63, 3.8) is 0 Å². The van der Waals surface area contributed by atoms with Gasteiger partial charge in [0.1, 0.15) is 11.4 Å². The molecule has 2 aromatic heterocycles. The van der Waals surface area contributed by atoms with Crippen LogP contribution < -0.4 is 0 Å². The Morgan fingerprint density at radius 1 is 1.19 bits per heavy atom. The number of hydrogen-bond acceptors (Lipinski definition) is 5. The highest BCUT2D eigenvalue weighted by atomic mass is 35.5. The molecule has 0 spiro atoms. The van der Waals surface area contributed by atoms with Crippen LogP contribution in [0.4, 0.5) is 0 Å². The van der Waals surface area contributed by atoms with Crippen LogP contribution in [-0.2, 0) is 4.79 Å². The molecule has 1 saturated heterocycles. The summed E-state index contributed by atoms with van der Waals surface area (Å²) in [5, 5.41) is 6.68. The maximum absolute atomic E-state index is 12.4. The number of carbonyl (C=O) groups excluding carboxylic acids is 1.